The fourth-order valence-corrected chi connectivity index (χ4v) is 3.47. The molecule has 0 saturated carbocycles. The maximum atomic E-state index is 12.3. The SMILES string of the molecule is O=C(OCC(=O)N1CCC(c2ccccc2)=N1)[C@H]1CC(=O)N(Cc2ccco2)C1. The predicted octanol–water partition coefficient (Wildman–Crippen LogP) is 1.81. The van der Waals surface area contributed by atoms with Crippen LogP contribution < -0.4 is 0 Å². The standard InChI is InChI=1S/C21H21N3O5/c25-19-11-16(12-23(19)13-17-7-4-10-28-17)21(27)29-14-20(26)24-9-8-18(22-24)15-5-2-1-3-6-15/h1-7,10,16H,8-9,11-14H2/t16-/m0/s1. The van der Waals surface area contributed by atoms with Gasteiger partial charge in [-0.2, -0.15) is 5.10 Å². The Morgan fingerprint density at radius 3 is 2.76 bits per heavy atom. The van der Waals surface area contributed by atoms with Crippen LogP contribution in [0.15, 0.2) is 58.2 Å². The molecule has 1 saturated heterocycles. The number of benzene rings is 1. The molecule has 0 spiro atoms. The number of ether oxygens (including phenoxy) is 1. The van der Waals surface area contributed by atoms with E-state index in [9.17, 15) is 14.4 Å². The number of rotatable bonds is 6. The normalized spacial score (nSPS) is 18.8. The van der Waals surface area contributed by atoms with Crippen LogP contribution in [0.2, 0.25) is 0 Å². The molecule has 0 bridgehead atoms. The molecule has 8 nitrogen and oxygen atoms in total. The van der Waals surface area contributed by atoms with Crippen LogP contribution in [0.3, 0.4) is 0 Å². The second-order valence-electron chi connectivity index (χ2n) is 7.04. The van der Waals surface area contributed by atoms with Gasteiger partial charge in [-0.05, 0) is 17.7 Å². The van der Waals surface area contributed by atoms with Gasteiger partial charge in [0.15, 0.2) is 6.61 Å². The topological polar surface area (TPSA) is 92.4 Å². The van der Waals surface area contributed by atoms with Gasteiger partial charge in [0.25, 0.3) is 5.91 Å². The summed E-state index contributed by atoms with van der Waals surface area (Å²) in [5.74, 6) is -0.969. The van der Waals surface area contributed by atoms with Gasteiger partial charge >= 0.3 is 5.97 Å². The monoisotopic (exact) mass is 395 g/mol. The number of hydrogen-bond donors (Lipinski definition) is 0. The summed E-state index contributed by atoms with van der Waals surface area (Å²) in [6.45, 7) is 0.651. The Kier molecular flexibility index (Phi) is 5.41. The highest BCUT2D eigenvalue weighted by Crippen LogP contribution is 2.22. The quantitative estimate of drug-likeness (QED) is 0.696. The van der Waals surface area contributed by atoms with E-state index >= 15 is 0 Å². The van der Waals surface area contributed by atoms with Gasteiger partial charge in [-0.1, -0.05) is 30.3 Å². The lowest BCUT2D eigenvalue weighted by atomic mass is 10.1. The zero-order chi connectivity index (χ0) is 20.2. The minimum Gasteiger partial charge on any atom is -0.467 e. The highest BCUT2D eigenvalue weighted by atomic mass is 16.5. The molecule has 3 heterocycles. The van der Waals surface area contributed by atoms with Crippen LogP contribution in [0.5, 0.6) is 0 Å². The highest BCUT2D eigenvalue weighted by molar-refractivity contribution is 6.02. The Morgan fingerprint density at radius 1 is 1.17 bits per heavy atom. The van der Waals surface area contributed by atoms with Gasteiger partial charge in [0.2, 0.25) is 5.91 Å². The maximum absolute atomic E-state index is 12.3. The average Bonchev–Trinajstić information content (AvgIpc) is 3.49. The molecule has 0 unspecified atom stereocenters. The van der Waals surface area contributed by atoms with Crippen LogP contribution >= 0.6 is 0 Å². The van der Waals surface area contributed by atoms with Gasteiger partial charge in [-0.25, -0.2) is 5.01 Å². The third-order valence-electron chi connectivity index (χ3n) is 5.01. The Balaban J connectivity index is 1.27. The molecule has 4 rings (SSSR count). The van der Waals surface area contributed by atoms with Crippen molar-refractivity contribution in [2.45, 2.75) is 19.4 Å². The van der Waals surface area contributed by atoms with Crippen molar-refractivity contribution in [1.82, 2.24) is 9.91 Å². The van der Waals surface area contributed by atoms with Crippen molar-refractivity contribution < 1.29 is 23.5 Å². The van der Waals surface area contributed by atoms with Gasteiger partial charge in [-0.3, -0.25) is 14.4 Å². The van der Waals surface area contributed by atoms with E-state index in [0.717, 1.165) is 11.3 Å². The molecular weight excluding hydrogens is 374 g/mol. The lowest BCUT2D eigenvalue weighted by Gasteiger charge is -2.15. The van der Waals surface area contributed by atoms with Crippen LogP contribution in [0.4, 0.5) is 0 Å². The molecule has 1 aromatic carbocycles. The van der Waals surface area contributed by atoms with Crippen LogP contribution in [-0.4, -0.2) is 53.1 Å². The van der Waals surface area contributed by atoms with Crippen molar-refractivity contribution in [2.24, 2.45) is 11.0 Å². The van der Waals surface area contributed by atoms with E-state index in [4.69, 9.17) is 9.15 Å². The summed E-state index contributed by atoms with van der Waals surface area (Å²) in [4.78, 5) is 38.3. The van der Waals surface area contributed by atoms with Crippen molar-refractivity contribution in [3.8, 4) is 0 Å². The van der Waals surface area contributed by atoms with Crippen molar-refractivity contribution in [3.05, 3.63) is 60.1 Å². The molecular formula is C21H21N3O5. The lowest BCUT2D eigenvalue weighted by molar-refractivity contribution is -0.155. The Hall–Kier alpha value is -3.42. The first-order valence-corrected chi connectivity index (χ1v) is 9.50. The summed E-state index contributed by atoms with van der Waals surface area (Å²) in [7, 11) is 0. The van der Waals surface area contributed by atoms with Crippen molar-refractivity contribution >= 4 is 23.5 Å². The summed E-state index contributed by atoms with van der Waals surface area (Å²) in [5, 5.41) is 5.67. The molecule has 0 N–H and O–H groups in total. The number of hydrazone groups is 1. The number of likely N-dealkylation sites (tertiary alicyclic amines) is 1. The first-order valence-electron chi connectivity index (χ1n) is 9.50. The summed E-state index contributed by atoms with van der Waals surface area (Å²) in [6, 6.07) is 13.2. The Labute approximate surface area is 167 Å². The average molecular weight is 395 g/mol. The third-order valence-corrected chi connectivity index (χ3v) is 5.01. The number of nitrogens with zero attached hydrogens (tertiary/aromatic N) is 3. The molecule has 1 aromatic heterocycles. The van der Waals surface area contributed by atoms with Gasteiger partial charge in [0, 0.05) is 19.4 Å². The van der Waals surface area contributed by atoms with E-state index < -0.39 is 11.9 Å². The number of esters is 1. The second kappa shape index (κ2) is 8.30. The number of carbonyl (C=O) groups is 3. The molecule has 1 atom stereocenters. The molecule has 0 aliphatic carbocycles. The minimum absolute atomic E-state index is 0.0771. The first kappa shape index (κ1) is 18.9. The summed E-state index contributed by atoms with van der Waals surface area (Å²) in [6.07, 6.45) is 2.27. The minimum atomic E-state index is -0.577. The van der Waals surface area contributed by atoms with Crippen molar-refractivity contribution in [2.75, 3.05) is 19.7 Å². The summed E-state index contributed by atoms with van der Waals surface area (Å²) < 4.78 is 10.4. The number of hydrogen-bond acceptors (Lipinski definition) is 6. The van der Waals surface area contributed by atoms with E-state index in [-0.39, 0.29) is 31.4 Å². The van der Waals surface area contributed by atoms with E-state index in [1.54, 1.807) is 17.0 Å². The predicted molar refractivity (Wildman–Crippen MR) is 103 cm³/mol. The number of carbonyl (C=O) groups excluding carboxylic acids is 3. The highest BCUT2D eigenvalue weighted by Gasteiger charge is 2.36. The largest absolute Gasteiger partial charge is 0.467 e. The molecule has 150 valence electrons. The molecule has 2 aliphatic heterocycles. The first-order chi connectivity index (χ1) is 14.1. The van der Waals surface area contributed by atoms with E-state index in [1.165, 1.54) is 11.3 Å². The molecule has 1 fully saturated rings. The molecule has 0 radical (unpaired) electrons. The molecule has 29 heavy (non-hydrogen) atoms. The molecule has 2 aliphatic rings. The van der Waals surface area contributed by atoms with E-state index in [1.807, 2.05) is 30.3 Å². The second-order valence-corrected chi connectivity index (χ2v) is 7.04. The molecule has 8 heteroatoms. The Bertz CT molecular complexity index is 923. The summed E-state index contributed by atoms with van der Waals surface area (Å²) >= 11 is 0. The maximum Gasteiger partial charge on any atom is 0.311 e. The van der Waals surface area contributed by atoms with E-state index in [0.29, 0.717) is 25.3 Å². The molecule has 2 aromatic rings. The van der Waals surface area contributed by atoms with Gasteiger partial charge in [-0.15, -0.1) is 0 Å². The van der Waals surface area contributed by atoms with E-state index in [2.05, 4.69) is 5.10 Å². The van der Waals surface area contributed by atoms with Crippen LogP contribution in [0, 0.1) is 5.92 Å². The Morgan fingerprint density at radius 2 is 2.00 bits per heavy atom. The number of furan rings is 1. The van der Waals surface area contributed by atoms with Crippen LogP contribution in [-0.2, 0) is 25.7 Å². The van der Waals surface area contributed by atoms with Crippen LogP contribution in [0.1, 0.15) is 24.2 Å². The molecule has 2 amide bonds. The third kappa shape index (κ3) is 4.37. The van der Waals surface area contributed by atoms with Gasteiger partial charge in [0.05, 0.1) is 31.0 Å². The summed E-state index contributed by atoms with van der Waals surface area (Å²) in [5.41, 5.74) is 1.81. The number of amides is 2. The zero-order valence-corrected chi connectivity index (χ0v) is 15.8. The lowest BCUT2D eigenvalue weighted by Crippen LogP contribution is -2.31. The van der Waals surface area contributed by atoms with Crippen molar-refractivity contribution in [3.63, 3.8) is 0 Å². The van der Waals surface area contributed by atoms with Crippen molar-refractivity contribution in [1.29, 1.82) is 0 Å². The van der Waals surface area contributed by atoms with Gasteiger partial charge in [0.1, 0.15) is 5.76 Å². The zero-order valence-electron chi connectivity index (χ0n) is 15.8. The van der Waals surface area contributed by atoms with Gasteiger partial charge < -0.3 is 14.1 Å². The fourth-order valence-electron chi connectivity index (χ4n) is 3.47. The fraction of sp³-hybridized carbons (Fsp3) is 0.333. The smallest absolute Gasteiger partial charge is 0.311 e. The van der Waals surface area contributed by atoms with Crippen LogP contribution in [0.25, 0.3) is 0 Å².